The molecule has 0 unspecified atom stereocenters. The molecule has 0 spiro atoms. The van der Waals surface area contributed by atoms with E-state index in [1.165, 1.54) is 25.4 Å². The van der Waals surface area contributed by atoms with Crippen molar-refractivity contribution in [3.63, 3.8) is 0 Å². The maximum Gasteiger partial charge on any atom is 0.227 e. The molecule has 11 heteroatoms. The topological polar surface area (TPSA) is 111 Å². The first-order chi connectivity index (χ1) is 15.8. The fraction of sp³-hybridized carbons (Fsp3) is 0.273. The lowest BCUT2D eigenvalue weighted by Crippen LogP contribution is -2.47. The Morgan fingerprint density at radius 3 is 2.36 bits per heavy atom. The zero-order valence-electron chi connectivity index (χ0n) is 18.2. The predicted molar refractivity (Wildman–Crippen MR) is 127 cm³/mol. The van der Waals surface area contributed by atoms with E-state index >= 15 is 0 Å². The third kappa shape index (κ3) is 4.62. The number of piperazine rings is 1. The van der Waals surface area contributed by atoms with Gasteiger partial charge in [0.1, 0.15) is 27.1 Å². The highest BCUT2D eigenvalue weighted by Crippen LogP contribution is 2.34. The molecule has 0 radical (unpaired) electrons. The maximum atomic E-state index is 13.2. The summed E-state index contributed by atoms with van der Waals surface area (Å²) in [5.41, 5.74) is 7.15. The van der Waals surface area contributed by atoms with Gasteiger partial charge < -0.3 is 25.0 Å². The zero-order chi connectivity index (χ0) is 23.6. The number of nitrogens with two attached hydrogens (primary N) is 1. The molecule has 0 saturated carbocycles. The summed E-state index contributed by atoms with van der Waals surface area (Å²) in [6.07, 6.45) is 1.24. The molecule has 33 heavy (non-hydrogen) atoms. The third-order valence-electron chi connectivity index (χ3n) is 5.46. The minimum Gasteiger partial charge on any atom is -0.497 e. The number of aromatic nitrogens is 2. The first kappa shape index (κ1) is 22.9. The van der Waals surface area contributed by atoms with Gasteiger partial charge >= 0.3 is 0 Å². The maximum absolute atomic E-state index is 13.2. The quantitative estimate of drug-likeness (QED) is 0.558. The van der Waals surface area contributed by atoms with Gasteiger partial charge in [-0.2, -0.15) is 4.98 Å². The highest BCUT2D eigenvalue weighted by molar-refractivity contribution is 7.91. The second kappa shape index (κ2) is 9.32. The molecule has 9 nitrogen and oxygen atoms in total. The van der Waals surface area contributed by atoms with Crippen molar-refractivity contribution in [2.75, 3.05) is 55.9 Å². The number of sulfone groups is 1. The molecular formula is C22H24ClN5O4S. The van der Waals surface area contributed by atoms with Crippen LogP contribution >= 0.6 is 11.6 Å². The van der Waals surface area contributed by atoms with E-state index in [0.717, 1.165) is 24.5 Å². The highest BCUT2D eigenvalue weighted by atomic mass is 35.5. The molecule has 0 atom stereocenters. The molecule has 2 heterocycles. The van der Waals surface area contributed by atoms with E-state index in [0.29, 0.717) is 19.0 Å². The van der Waals surface area contributed by atoms with E-state index in [1.54, 1.807) is 13.2 Å². The predicted octanol–water partition coefficient (Wildman–Crippen LogP) is 2.89. The molecule has 4 rings (SSSR count). The van der Waals surface area contributed by atoms with Crippen LogP contribution in [0.3, 0.4) is 0 Å². The van der Waals surface area contributed by atoms with Crippen molar-refractivity contribution in [1.29, 1.82) is 0 Å². The number of anilines is 3. The summed E-state index contributed by atoms with van der Waals surface area (Å²) in [5, 5.41) is 0.263. The molecule has 2 aromatic carbocycles. The Hall–Kier alpha value is -3.24. The molecule has 1 aliphatic rings. The van der Waals surface area contributed by atoms with Gasteiger partial charge in [0, 0.05) is 43.0 Å². The average molecular weight is 490 g/mol. The molecule has 174 valence electrons. The summed E-state index contributed by atoms with van der Waals surface area (Å²) in [7, 11) is -1.00. The first-order valence-corrected chi connectivity index (χ1v) is 12.0. The van der Waals surface area contributed by atoms with E-state index < -0.39 is 9.84 Å². The van der Waals surface area contributed by atoms with Crippen LogP contribution in [0.15, 0.2) is 58.5 Å². The Bertz CT molecular complexity index is 1260. The normalized spacial score (nSPS) is 14.3. The standard InChI is InChI=1S/C22H24ClN5O4S/c1-31-17-5-3-4-16(13-17)27-8-10-28(11-9-27)22-25-14-20(21(24)26-22)33(29,30)19-12-15(23)6-7-18(19)32-2/h3-7,12-14H,8-11H2,1-2H3,(H2,24,25,26). The fourth-order valence-corrected chi connectivity index (χ4v) is 5.37. The molecule has 3 aromatic rings. The van der Waals surface area contributed by atoms with E-state index in [9.17, 15) is 8.42 Å². The van der Waals surface area contributed by atoms with Gasteiger partial charge in [-0.15, -0.1) is 0 Å². The molecular weight excluding hydrogens is 466 g/mol. The average Bonchev–Trinajstić information content (AvgIpc) is 2.84. The number of hydrogen-bond donors (Lipinski definition) is 1. The summed E-state index contributed by atoms with van der Waals surface area (Å²) in [6, 6.07) is 12.3. The van der Waals surface area contributed by atoms with Gasteiger partial charge in [0.05, 0.1) is 20.4 Å². The summed E-state index contributed by atoms with van der Waals surface area (Å²) in [6.45, 7) is 2.81. The lowest BCUT2D eigenvalue weighted by atomic mass is 10.2. The van der Waals surface area contributed by atoms with Gasteiger partial charge in [0.25, 0.3) is 0 Å². The molecule has 1 aliphatic heterocycles. The molecule has 1 aromatic heterocycles. The number of hydrogen-bond acceptors (Lipinski definition) is 9. The molecule has 1 saturated heterocycles. The number of nitrogens with zero attached hydrogens (tertiary/aromatic N) is 4. The lowest BCUT2D eigenvalue weighted by Gasteiger charge is -2.36. The fourth-order valence-electron chi connectivity index (χ4n) is 3.68. The van der Waals surface area contributed by atoms with Gasteiger partial charge in [-0.25, -0.2) is 13.4 Å². The summed E-state index contributed by atoms with van der Waals surface area (Å²) >= 11 is 6.01. The second-order valence-electron chi connectivity index (χ2n) is 7.39. The molecule has 2 N–H and O–H groups in total. The highest BCUT2D eigenvalue weighted by Gasteiger charge is 2.28. The second-order valence-corrected chi connectivity index (χ2v) is 9.72. The van der Waals surface area contributed by atoms with Crippen LogP contribution in [-0.4, -0.2) is 58.8 Å². The van der Waals surface area contributed by atoms with Crippen LogP contribution in [0, 0.1) is 0 Å². The Balaban J connectivity index is 1.53. The lowest BCUT2D eigenvalue weighted by molar-refractivity contribution is 0.402. The van der Waals surface area contributed by atoms with E-state index in [1.807, 2.05) is 29.2 Å². The molecule has 0 aliphatic carbocycles. The van der Waals surface area contributed by atoms with Crippen molar-refractivity contribution >= 4 is 38.9 Å². The van der Waals surface area contributed by atoms with Gasteiger partial charge in [0.15, 0.2) is 0 Å². The van der Waals surface area contributed by atoms with Gasteiger partial charge in [0.2, 0.25) is 15.8 Å². The Morgan fingerprint density at radius 2 is 1.70 bits per heavy atom. The largest absolute Gasteiger partial charge is 0.497 e. The third-order valence-corrected chi connectivity index (χ3v) is 7.48. The van der Waals surface area contributed by atoms with E-state index in [2.05, 4.69) is 14.9 Å². The van der Waals surface area contributed by atoms with Gasteiger partial charge in [-0.05, 0) is 30.3 Å². The van der Waals surface area contributed by atoms with Crippen LogP contribution < -0.4 is 25.0 Å². The van der Waals surface area contributed by atoms with Crippen molar-refractivity contribution < 1.29 is 17.9 Å². The van der Waals surface area contributed by atoms with Gasteiger partial charge in [-0.1, -0.05) is 17.7 Å². The minimum atomic E-state index is -4.03. The summed E-state index contributed by atoms with van der Waals surface area (Å²) in [5.74, 6) is 1.22. The van der Waals surface area contributed by atoms with Crippen molar-refractivity contribution in [3.8, 4) is 11.5 Å². The van der Waals surface area contributed by atoms with Gasteiger partial charge in [-0.3, -0.25) is 0 Å². The number of rotatable bonds is 6. The Morgan fingerprint density at radius 1 is 0.970 bits per heavy atom. The Labute approximate surface area is 197 Å². The van der Waals surface area contributed by atoms with Crippen LogP contribution in [0.5, 0.6) is 11.5 Å². The van der Waals surface area contributed by atoms with Crippen molar-refractivity contribution in [2.24, 2.45) is 0 Å². The van der Waals surface area contributed by atoms with Crippen LogP contribution in [0.1, 0.15) is 0 Å². The SMILES string of the molecule is COc1cccc(N2CCN(c3ncc(S(=O)(=O)c4cc(Cl)ccc4OC)c(N)n3)CC2)c1. The van der Waals surface area contributed by atoms with Crippen molar-refractivity contribution in [1.82, 2.24) is 9.97 Å². The van der Waals surface area contributed by atoms with Crippen molar-refractivity contribution in [3.05, 3.63) is 53.7 Å². The van der Waals surface area contributed by atoms with E-state index in [4.69, 9.17) is 26.8 Å². The summed E-state index contributed by atoms with van der Waals surface area (Å²) in [4.78, 5) is 12.5. The van der Waals surface area contributed by atoms with Crippen molar-refractivity contribution in [2.45, 2.75) is 9.79 Å². The number of nitrogen functional groups attached to an aromatic ring is 1. The zero-order valence-corrected chi connectivity index (χ0v) is 19.8. The smallest absolute Gasteiger partial charge is 0.227 e. The van der Waals surface area contributed by atoms with Crippen LogP contribution in [0.25, 0.3) is 0 Å². The molecule has 0 amide bonds. The number of benzene rings is 2. The number of methoxy groups -OCH3 is 2. The summed E-state index contributed by atoms with van der Waals surface area (Å²) < 4.78 is 36.9. The van der Waals surface area contributed by atoms with Crippen LogP contribution in [-0.2, 0) is 9.84 Å². The van der Waals surface area contributed by atoms with Crippen LogP contribution in [0.2, 0.25) is 5.02 Å². The number of ether oxygens (including phenoxy) is 2. The monoisotopic (exact) mass is 489 g/mol. The Kier molecular flexibility index (Phi) is 6.48. The first-order valence-electron chi connectivity index (χ1n) is 10.2. The molecule has 0 bridgehead atoms. The van der Waals surface area contributed by atoms with Crippen LogP contribution in [0.4, 0.5) is 17.5 Å². The molecule has 1 fully saturated rings. The minimum absolute atomic E-state index is 0.0903. The number of halogens is 1. The van der Waals surface area contributed by atoms with E-state index in [-0.39, 0.29) is 26.4 Å².